The Morgan fingerprint density at radius 2 is 2.00 bits per heavy atom. The molecule has 1 N–H and O–H groups in total. The highest BCUT2D eigenvalue weighted by atomic mass is 19.1. The number of Topliss-reactive ketones (excluding diaryl/α,β-unsaturated/α-hetero) is 1. The molecule has 0 saturated carbocycles. The van der Waals surface area contributed by atoms with E-state index < -0.39 is 28.9 Å². The second-order valence-electron chi connectivity index (χ2n) is 5.05. The molecule has 0 aromatic heterocycles. The summed E-state index contributed by atoms with van der Waals surface area (Å²) in [6.45, 7) is 2.55. The molecule has 0 unspecified atom stereocenters. The van der Waals surface area contributed by atoms with Crippen molar-refractivity contribution >= 4 is 23.3 Å². The highest BCUT2D eigenvalue weighted by molar-refractivity contribution is 6.52. The average Bonchev–Trinajstić information content (AvgIpc) is 2.55. The van der Waals surface area contributed by atoms with E-state index in [1.165, 1.54) is 26.0 Å². The summed E-state index contributed by atoms with van der Waals surface area (Å²) in [6.07, 6.45) is 0. The Labute approximate surface area is 108 Å². The molecule has 1 aromatic rings. The highest BCUT2D eigenvalue weighted by Gasteiger charge is 2.42. The molecule has 2 rings (SSSR count). The number of carboxylic acids is 1. The minimum atomic E-state index is -1.28. The fourth-order valence-electron chi connectivity index (χ4n) is 1.93. The van der Waals surface area contributed by atoms with Gasteiger partial charge < -0.3 is 10.0 Å². The number of fused-ring (bicyclic) bond motifs is 1. The zero-order valence-electron chi connectivity index (χ0n) is 10.4. The molecule has 0 bridgehead atoms. The third kappa shape index (κ3) is 1.99. The summed E-state index contributed by atoms with van der Waals surface area (Å²) in [4.78, 5) is 35.5. The monoisotopic (exact) mass is 265 g/mol. The van der Waals surface area contributed by atoms with E-state index in [0.717, 1.165) is 11.0 Å². The summed E-state index contributed by atoms with van der Waals surface area (Å²) in [6, 6.07) is 3.82. The number of hydrogen-bond donors (Lipinski definition) is 1. The molecule has 1 aromatic carbocycles. The van der Waals surface area contributed by atoms with Crippen LogP contribution in [0.25, 0.3) is 0 Å². The van der Waals surface area contributed by atoms with Crippen molar-refractivity contribution in [3.05, 3.63) is 29.6 Å². The smallest absolute Gasteiger partial charge is 0.310 e. The first kappa shape index (κ1) is 13.2. The topological polar surface area (TPSA) is 74.7 Å². The first-order valence-corrected chi connectivity index (χ1v) is 5.64. The predicted octanol–water partition coefficient (Wildman–Crippen LogP) is 1.47. The van der Waals surface area contributed by atoms with Gasteiger partial charge in [-0.05, 0) is 26.0 Å². The Morgan fingerprint density at radius 1 is 1.37 bits per heavy atom. The maximum Gasteiger partial charge on any atom is 0.310 e. The van der Waals surface area contributed by atoms with Gasteiger partial charge >= 0.3 is 5.97 Å². The van der Waals surface area contributed by atoms with E-state index in [9.17, 15) is 18.8 Å². The Morgan fingerprint density at radius 3 is 2.58 bits per heavy atom. The van der Waals surface area contributed by atoms with Crippen molar-refractivity contribution in [2.24, 2.45) is 5.41 Å². The third-order valence-corrected chi connectivity index (χ3v) is 3.07. The van der Waals surface area contributed by atoms with Crippen molar-refractivity contribution in [2.45, 2.75) is 13.8 Å². The van der Waals surface area contributed by atoms with Crippen LogP contribution in [0.3, 0.4) is 0 Å². The van der Waals surface area contributed by atoms with Crippen LogP contribution in [0.4, 0.5) is 10.1 Å². The standard InChI is InChI=1S/C13H12FNO4/c1-13(2,12(18)19)6-15-9-7(10(16)11(15)17)4-3-5-8(9)14/h3-5H,6H2,1-2H3,(H,18,19). The van der Waals surface area contributed by atoms with Gasteiger partial charge in [0.25, 0.3) is 11.7 Å². The van der Waals surface area contributed by atoms with Gasteiger partial charge in [-0.2, -0.15) is 0 Å². The summed E-state index contributed by atoms with van der Waals surface area (Å²) < 4.78 is 13.8. The summed E-state index contributed by atoms with van der Waals surface area (Å²) >= 11 is 0. The van der Waals surface area contributed by atoms with Gasteiger partial charge in [-0.25, -0.2) is 4.39 Å². The zero-order chi connectivity index (χ0) is 14.4. The molecular formula is C13H12FNO4. The normalized spacial score (nSPS) is 14.8. The zero-order valence-corrected chi connectivity index (χ0v) is 10.4. The second kappa shape index (κ2) is 4.15. The molecule has 0 radical (unpaired) electrons. The number of hydrogen-bond acceptors (Lipinski definition) is 3. The van der Waals surface area contributed by atoms with Crippen molar-refractivity contribution in [1.82, 2.24) is 0 Å². The third-order valence-electron chi connectivity index (χ3n) is 3.07. The molecule has 1 aliphatic heterocycles. The van der Waals surface area contributed by atoms with E-state index in [2.05, 4.69) is 0 Å². The molecule has 100 valence electrons. The summed E-state index contributed by atoms with van der Waals surface area (Å²) in [7, 11) is 0. The molecule has 0 fully saturated rings. The molecule has 1 amide bonds. The Kier molecular flexibility index (Phi) is 2.88. The fraction of sp³-hybridized carbons (Fsp3) is 0.308. The number of anilines is 1. The number of halogens is 1. The minimum Gasteiger partial charge on any atom is -0.481 e. The van der Waals surface area contributed by atoms with E-state index in [-0.39, 0.29) is 17.8 Å². The maximum absolute atomic E-state index is 13.8. The lowest BCUT2D eigenvalue weighted by molar-refractivity contribution is -0.146. The van der Waals surface area contributed by atoms with Gasteiger partial charge in [0.15, 0.2) is 0 Å². The van der Waals surface area contributed by atoms with Crippen molar-refractivity contribution < 1.29 is 23.9 Å². The molecule has 1 heterocycles. The van der Waals surface area contributed by atoms with Gasteiger partial charge in [-0.1, -0.05) is 6.07 Å². The summed E-state index contributed by atoms with van der Waals surface area (Å²) in [5.74, 6) is -3.54. The number of aliphatic carboxylic acids is 1. The quantitative estimate of drug-likeness (QED) is 0.840. The number of nitrogens with zero attached hydrogens (tertiary/aromatic N) is 1. The molecule has 1 aliphatic rings. The van der Waals surface area contributed by atoms with Gasteiger partial charge in [-0.3, -0.25) is 14.4 Å². The number of carbonyl (C=O) groups excluding carboxylic acids is 2. The van der Waals surface area contributed by atoms with Gasteiger partial charge in [-0.15, -0.1) is 0 Å². The number of carbonyl (C=O) groups is 3. The summed E-state index contributed by atoms with van der Waals surface area (Å²) in [5.41, 5.74) is -1.43. The van der Waals surface area contributed by atoms with Gasteiger partial charge in [0.1, 0.15) is 5.82 Å². The summed E-state index contributed by atoms with van der Waals surface area (Å²) in [5, 5.41) is 9.05. The average molecular weight is 265 g/mol. The van der Waals surface area contributed by atoms with Crippen LogP contribution in [-0.2, 0) is 9.59 Å². The molecule has 5 nitrogen and oxygen atoms in total. The van der Waals surface area contributed by atoms with Crippen LogP contribution in [-0.4, -0.2) is 29.3 Å². The molecule has 0 aliphatic carbocycles. The van der Waals surface area contributed by atoms with Crippen LogP contribution >= 0.6 is 0 Å². The van der Waals surface area contributed by atoms with Gasteiger partial charge in [0, 0.05) is 6.54 Å². The van der Waals surface area contributed by atoms with E-state index in [1.54, 1.807) is 0 Å². The van der Waals surface area contributed by atoms with Crippen LogP contribution in [0.15, 0.2) is 18.2 Å². The highest BCUT2D eigenvalue weighted by Crippen LogP contribution is 2.34. The molecule has 0 atom stereocenters. The number of rotatable bonds is 3. The van der Waals surface area contributed by atoms with Gasteiger partial charge in [0.05, 0.1) is 16.7 Å². The van der Waals surface area contributed by atoms with Crippen LogP contribution in [0.5, 0.6) is 0 Å². The van der Waals surface area contributed by atoms with Gasteiger partial charge in [0.2, 0.25) is 0 Å². The minimum absolute atomic E-state index is 0.0220. The lowest BCUT2D eigenvalue weighted by atomic mass is 9.93. The number of ketones is 1. The van der Waals surface area contributed by atoms with E-state index >= 15 is 0 Å². The van der Waals surface area contributed by atoms with Crippen LogP contribution in [0.2, 0.25) is 0 Å². The van der Waals surface area contributed by atoms with Crippen molar-refractivity contribution in [2.75, 3.05) is 11.4 Å². The Bertz CT molecular complexity index is 594. The van der Waals surface area contributed by atoms with Crippen LogP contribution in [0.1, 0.15) is 24.2 Å². The van der Waals surface area contributed by atoms with Crippen molar-refractivity contribution in [1.29, 1.82) is 0 Å². The van der Waals surface area contributed by atoms with E-state index in [0.29, 0.717) is 0 Å². The molecule has 0 spiro atoms. The molecule has 0 saturated heterocycles. The first-order valence-electron chi connectivity index (χ1n) is 5.64. The molecular weight excluding hydrogens is 253 g/mol. The van der Waals surface area contributed by atoms with Crippen LogP contribution in [0, 0.1) is 11.2 Å². The molecule has 19 heavy (non-hydrogen) atoms. The predicted molar refractivity (Wildman–Crippen MR) is 64.5 cm³/mol. The van der Waals surface area contributed by atoms with Crippen molar-refractivity contribution in [3.8, 4) is 0 Å². The SMILES string of the molecule is CC(C)(CN1C(=O)C(=O)c2cccc(F)c21)C(=O)O. The lowest BCUT2D eigenvalue weighted by Crippen LogP contribution is -2.42. The largest absolute Gasteiger partial charge is 0.481 e. The lowest BCUT2D eigenvalue weighted by Gasteiger charge is -2.26. The fourth-order valence-corrected chi connectivity index (χ4v) is 1.93. The van der Waals surface area contributed by atoms with Crippen molar-refractivity contribution in [3.63, 3.8) is 0 Å². The van der Waals surface area contributed by atoms with E-state index in [1.807, 2.05) is 0 Å². The number of benzene rings is 1. The van der Waals surface area contributed by atoms with Crippen LogP contribution < -0.4 is 4.90 Å². The first-order chi connectivity index (χ1) is 8.75. The maximum atomic E-state index is 13.8. The number of para-hydroxylation sites is 1. The number of amides is 1. The van der Waals surface area contributed by atoms with E-state index in [4.69, 9.17) is 5.11 Å². The number of carboxylic acid groups (broad SMARTS) is 1. The Balaban J connectivity index is 2.47. The molecule has 6 heteroatoms. The Hall–Kier alpha value is -2.24. The second-order valence-corrected chi connectivity index (χ2v) is 5.05.